The van der Waals surface area contributed by atoms with Gasteiger partial charge in [0.05, 0.1) is 0 Å². The van der Waals surface area contributed by atoms with E-state index < -0.39 is 0 Å². The summed E-state index contributed by atoms with van der Waals surface area (Å²) >= 11 is 0. The first-order chi connectivity index (χ1) is 7.24. The number of aromatic nitrogens is 1. The Hall–Kier alpha value is -1.35. The summed E-state index contributed by atoms with van der Waals surface area (Å²) in [6.07, 6.45) is 1.01. The SMILES string of the molecule is CC1Cc2c([nH]c3cc(F)ccc23)CN1. The summed E-state index contributed by atoms with van der Waals surface area (Å²) in [6, 6.07) is 5.47. The Bertz CT molecular complexity index is 516. The second-order valence-electron chi connectivity index (χ2n) is 4.26. The molecule has 2 nitrogen and oxygen atoms in total. The van der Waals surface area contributed by atoms with Crippen LogP contribution in [0.5, 0.6) is 0 Å². The third kappa shape index (κ3) is 1.35. The van der Waals surface area contributed by atoms with Gasteiger partial charge in [-0.3, -0.25) is 0 Å². The number of fused-ring (bicyclic) bond motifs is 3. The van der Waals surface area contributed by atoms with Crippen LogP contribution in [0.4, 0.5) is 4.39 Å². The molecular formula is C12H13FN2. The highest BCUT2D eigenvalue weighted by atomic mass is 19.1. The predicted molar refractivity (Wildman–Crippen MR) is 58.3 cm³/mol. The van der Waals surface area contributed by atoms with Gasteiger partial charge in [0, 0.05) is 29.2 Å². The fraction of sp³-hybridized carbons (Fsp3) is 0.333. The highest BCUT2D eigenvalue weighted by Gasteiger charge is 2.18. The van der Waals surface area contributed by atoms with Crippen molar-refractivity contribution in [2.45, 2.75) is 25.9 Å². The van der Waals surface area contributed by atoms with Crippen LogP contribution in [0.25, 0.3) is 10.9 Å². The summed E-state index contributed by atoms with van der Waals surface area (Å²) in [5, 5.41) is 4.56. The van der Waals surface area contributed by atoms with E-state index in [1.54, 1.807) is 6.07 Å². The normalized spacial score (nSPS) is 20.5. The zero-order valence-corrected chi connectivity index (χ0v) is 8.60. The second-order valence-corrected chi connectivity index (χ2v) is 4.26. The van der Waals surface area contributed by atoms with Gasteiger partial charge in [-0.15, -0.1) is 0 Å². The quantitative estimate of drug-likeness (QED) is 0.677. The molecule has 1 aromatic carbocycles. The Kier molecular flexibility index (Phi) is 1.83. The van der Waals surface area contributed by atoms with Crippen LogP contribution in [0.2, 0.25) is 0 Å². The average molecular weight is 204 g/mol. The van der Waals surface area contributed by atoms with Gasteiger partial charge in [-0.05, 0) is 37.1 Å². The van der Waals surface area contributed by atoms with Gasteiger partial charge in [-0.25, -0.2) is 4.39 Å². The van der Waals surface area contributed by atoms with E-state index >= 15 is 0 Å². The van der Waals surface area contributed by atoms with Gasteiger partial charge in [0.15, 0.2) is 0 Å². The first-order valence-electron chi connectivity index (χ1n) is 5.26. The van der Waals surface area contributed by atoms with Crippen LogP contribution in [0.1, 0.15) is 18.2 Å². The maximum Gasteiger partial charge on any atom is 0.125 e. The van der Waals surface area contributed by atoms with Crippen LogP contribution in [-0.2, 0) is 13.0 Å². The minimum Gasteiger partial charge on any atom is -0.357 e. The van der Waals surface area contributed by atoms with E-state index in [4.69, 9.17) is 0 Å². The van der Waals surface area contributed by atoms with Crippen LogP contribution < -0.4 is 5.32 Å². The number of hydrogen-bond acceptors (Lipinski definition) is 1. The molecular weight excluding hydrogens is 191 g/mol. The number of H-pyrrole nitrogens is 1. The lowest BCUT2D eigenvalue weighted by molar-refractivity contribution is 0.511. The monoisotopic (exact) mass is 204 g/mol. The van der Waals surface area contributed by atoms with Crippen molar-refractivity contribution < 1.29 is 4.39 Å². The molecule has 0 saturated carbocycles. The van der Waals surface area contributed by atoms with Gasteiger partial charge in [0.1, 0.15) is 5.82 Å². The predicted octanol–water partition coefficient (Wildman–Crippen LogP) is 2.34. The first-order valence-corrected chi connectivity index (χ1v) is 5.26. The molecule has 2 aromatic rings. The Morgan fingerprint density at radius 2 is 2.27 bits per heavy atom. The van der Waals surface area contributed by atoms with Crippen LogP contribution in [-0.4, -0.2) is 11.0 Å². The standard InChI is InChI=1S/C12H13FN2/c1-7-4-10-9-3-2-8(13)5-11(9)15-12(10)6-14-7/h2-3,5,7,14-15H,4,6H2,1H3. The maximum atomic E-state index is 13.0. The Balaban J connectivity index is 2.24. The number of rotatable bonds is 0. The number of benzene rings is 1. The summed E-state index contributed by atoms with van der Waals surface area (Å²) in [4.78, 5) is 3.27. The maximum absolute atomic E-state index is 13.0. The molecule has 3 heteroatoms. The zero-order chi connectivity index (χ0) is 10.4. The van der Waals surface area contributed by atoms with Gasteiger partial charge in [0.2, 0.25) is 0 Å². The third-order valence-corrected chi connectivity index (χ3v) is 3.09. The first kappa shape index (κ1) is 8.92. The lowest BCUT2D eigenvalue weighted by Crippen LogP contribution is -2.32. The molecule has 0 amide bonds. The van der Waals surface area contributed by atoms with Gasteiger partial charge in [0.25, 0.3) is 0 Å². The fourth-order valence-corrected chi connectivity index (χ4v) is 2.32. The lowest BCUT2D eigenvalue weighted by atomic mass is 10.00. The average Bonchev–Trinajstić information content (AvgIpc) is 2.54. The third-order valence-electron chi connectivity index (χ3n) is 3.09. The molecule has 2 N–H and O–H groups in total. The van der Waals surface area contributed by atoms with Crippen molar-refractivity contribution >= 4 is 10.9 Å². The van der Waals surface area contributed by atoms with E-state index in [1.165, 1.54) is 22.7 Å². The van der Waals surface area contributed by atoms with Crippen molar-refractivity contribution in [1.29, 1.82) is 0 Å². The molecule has 0 saturated heterocycles. The molecule has 0 aliphatic carbocycles. The number of nitrogens with one attached hydrogen (secondary N) is 2. The van der Waals surface area contributed by atoms with Crippen molar-refractivity contribution in [1.82, 2.24) is 10.3 Å². The van der Waals surface area contributed by atoms with Crippen molar-refractivity contribution in [3.05, 3.63) is 35.3 Å². The van der Waals surface area contributed by atoms with E-state index in [0.29, 0.717) is 6.04 Å². The molecule has 1 aliphatic heterocycles. The number of hydrogen-bond donors (Lipinski definition) is 2. The summed E-state index contributed by atoms with van der Waals surface area (Å²) in [7, 11) is 0. The minimum atomic E-state index is -0.179. The summed E-state index contributed by atoms with van der Waals surface area (Å²) < 4.78 is 13.0. The van der Waals surface area contributed by atoms with Gasteiger partial charge < -0.3 is 10.3 Å². The fourth-order valence-electron chi connectivity index (χ4n) is 2.32. The largest absolute Gasteiger partial charge is 0.357 e. The van der Waals surface area contributed by atoms with Crippen molar-refractivity contribution in [3.8, 4) is 0 Å². The Morgan fingerprint density at radius 1 is 1.40 bits per heavy atom. The van der Waals surface area contributed by atoms with Crippen molar-refractivity contribution in [2.24, 2.45) is 0 Å². The number of aromatic amines is 1. The molecule has 1 atom stereocenters. The molecule has 0 spiro atoms. The molecule has 78 valence electrons. The zero-order valence-electron chi connectivity index (χ0n) is 8.60. The highest BCUT2D eigenvalue weighted by Crippen LogP contribution is 2.26. The van der Waals surface area contributed by atoms with E-state index in [2.05, 4.69) is 17.2 Å². The van der Waals surface area contributed by atoms with E-state index in [9.17, 15) is 4.39 Å². The summed E-state index contributed by atoms with van der Waals surface area (Å²) in [6.45, 7) is 3.03. The molecule has 0 bridgehead atoms. The molecule has 3 rings (SSSR count). The molecule has 1 aliphatic rings. The summed E-state index contributed by atoms with van der Waals surface area (Å²) in [5.74, 6) is -0.179. The van der Waals surface area contributed by atoms with E-state index in [1.807, 2.05) is 6.07 Å². The second kappa shape index (κ2) is 3.07. The van der Waals surface area contributed by atoms with E-state index in [-0.39, 0.29) is 5.82 Å². The molecule has 15 heavy (non-hydrogen) atoms. The Morgan fingerprint density at radius 3 is 3.13 bits per heavy atom. The molecule has 0 fully saturated rings. The topological polar surface area (TPSA) is 27.8 Å². The van der Waals surface area contributed by atoms with Crippen LogP contribution in [0.3, 0.4) is 0 Å². The van der Waals surface area contributed by atoms with Crippen molar-refractivity contribution in [3.63, 3.8) is 0 Å². The smallest absolute Gasteiger partial charge is 0.125 e. The molecule has 0 radical (unpaired) electrons. The van der Waals surface area contributed by atoms with E-state index in [0.717, 1.165) is 18.5 Å². The van der Waals surface area contributed by atoms with Crippen LogP contribution >= 0.6 is 0 Å². The molecule has 1 aromatic heterocycles. The Labute approximate surface area is 87.5 Å². The summed E-state index contributed by atoms with van der Waals surface area (Å²) in [5.41, 5.74) is 3.46. The van der Waals surface area contributed by atoms with Gasteiger partial charge in [-0.1, -0.05) is 0 Å². The minimum absolute atomic E-state index is 0.179. The number of halogens is 1. The molecule has 1 unspecified atom stereocenters. The van der Waals surface area contributed by atoms with Gasteiger partial charge in [-0.2, -0.15) is 0 Å². The van der Waals surface area contributed by atoms with Crippen LogP contribution in [0, 0.1) is 5.82 Å². The highest BCUT2D eigenvalue weighted by molar-refractivity contribution is 5.85. The van der Waals surface area contributed by atoms with Crippen LogP contribution in [0.15, 0.2) is 18.2 Å². The lowest BCUT2D eigenvalue weighted by Gasteiger charge is -2.20. The van der Waals surface area contributed by atoms with Gasteiger partial charge >= 0.3 is 0 Å². The molecule has 2 heterocycles. The van der Waals surface area contributed by atoms with Crippen molar-refractivity contribution in [2.75, 3.05) is 0 Å².